The summed E-state index contributed by atoms with van der Waals surface area (Å²) in [6, 6.07) is 4.15. The number of nitrogens with zero attached hydrogens (tertiary/aromatic N) is 1. The van der Waals surface area contributed by atoms with E-state index in [-0.39, 0.29) is 0 Å². The molecule has 0 saturated heterocycles. The lowest BCUT2D eigenvalue weighted by Crippen LogP contribution is -2.21. The van der Waals surface area contributed by atoms with Crippen LogP contribution in [-0.2, 0) is 6.54 Å². The quantitative estimate of drug-likeness (QED) is 0.670. The number of rotatable bonds is 3. The highest BCUT2D eigenvalue weighted by atomic mass is 79.9. The highest BCUT2D eigenvalue weighted by Crippen LogP contribution is 2.26. The number of thiophene rings is 1. The lowest BCUT2D eigenvalue weighted by Gasteiger charge is -2.07. The molecule has 0 spiro atoms. The van der Waals surface area contributed by atoms with Crippen molar-refractivity contribution in [3.8, 4) is 0 Å². The topological polar surface area (TPSA) is 38.4 Å². The largest absolute Gasteiger partial charge is 0.387 e. The van der Waals surface area contributed by atoms with Crippen molar-refractivity contribution in [3.05, 3.63) is 20.8 Å². The van der Waals surface area contributed by atoms with Gasteiger partial charge in [0.2, 0.25) is 0 Å². The molecule has 1 heterocycles. The van der Waals surface area contributed by atoms with E-state index in [0.717, 1.165) is 16.2 Å². The molecule has 0 radical (unpaired) electrons. The molecular formula is C11H15BrN2S. The zero-order chi connectivity index (χ0) is 10.7. The summed E-state index contributed by atoms with van der Waals surface area (Å²) < 4.78 is 1.16. The Bertz CT molecular complexity index is 353. The van der Waals surface area contributed by atoms with Gasteiger partial charge >= 0.3 is 0 Å². The van der Waals surface area contributed by atoms with Crippen LogP contribution in [0, 0.1) is 5.92 Å². The molecule has 82 valence electrons. The van der Waals surface area contributed by atoms with Crippen LogP contribution in [0.1, 0.15) is 30.6 Å². The third-order valence-electron chi connectivity index (χ3n) is 2.82. The Morgan fingerprint density at radius 3 is 2.80 bits per heavy atom. The number of hydrogen-bond acceptors (Lipinski definition) is 2. The Labute approximate surface area is 103 Å². The maximum absolute atomic E-state index is 5.98. The van der Waals surface area contributed by atoms with E-state index >= 15 is 0 Å². The van der Waals surface area contributed by atoms with Crippen LogP contribution in [0.3, 0.4) is 0 Å². The normalized spacial score (nSPS) is 18.6. The first-order valence-electron chi connectivity index (χ1n) is 5.30. The molecule has 0 unspecified atom stereocenters. The summed E-state index contributed by atoms with van der Waals surface area (Å²) in [6.07, 6.45) is 5.07. The van der Waals surface area contributed by atoms with Crippen LogP contribution in [0.25, 0.3) is 0 Å². The van der Waals surface area contributed by atoms with E-state index in [1.165, 1.54) is 30.6 Å². The Kier molecular flexibility index (Phi) is 3.81. The van der Waals surface area contributed by atoms with E-state index in [1.54, 1.807) is 11.3 Å². The predicted molar refractivity (Wildman–Crippen MR) is 69.3 cm³/mol. The van der Waals surface area contributed by atoms with Gasteiger partial charge in [0.15, 0.2) is 0 Å². The minimum absolute atomic E-state index is 0.549. The molecule has 1 aliphatic rings. The van der Waals surface area contributed by atoms with E-state index in [9.17, 15) is 0 Å². The van der Waals surface area contributed by atoms with Crippen molar-refractivity contribution in [2.75, 3.05) is 0 Å². The van der Waals surface area contributed by atoms with Crippen LogP contribution in [0.4, 0.5) is 0 Å². The van der Waals surface area contributed by atoms with Crippen molar-refractivity contribution in [1.82, 2.24) is 0 Å². The van der Waals surface area contributed by atoms with Crippen molar-refractivity contribution >= 4 is 33.1 Å². The van der Waals surface area contributed by atoms with Gasteiger partial charge in [0.1, 0.15) is 0 Å². The van der Waals surface area contributed by atoms with Gasteiger partial charge in [0, 0.05) is 10.8 Å². The first kappa shape index (κ1) is 11.1. The minimum atomic E-state index is 0.549. The van der Waals surface area contributed by atoms with Crippen LogP contribution >= 0.6 is 27.3 Å². The number of nitrogens with two attached hydrogens (primary N) is 1. The highest BCUT2D eigenvalue weighted by molar-refractivity contribution is 9.11. The van der Waals surface area contributed by atoms with E-state index in [4.69, 9.17) is 5.73 Å². The lowest BCUT2D eigenvalue weighted by atomic mass is 10.1. The van der Waals surface area contributed by atoms with Gasteiger partial charge in [-0.25, -0.2) is 0 Å². The van der Waals surface area contributed by atoms with Crippen molar-refractivity contribution in [3.63, 3.8) is 0 Å². The number of hydrogen-bond donors (Lipinski definition) is 1. The number of amidine groups is 1. The SMILES string of the molecule is NC(=NCc1ccc(Br)s1)C1CCCC1. The summed E-state index contributed by atoms with van der Waals surface area (Å²) in [6.45, 7) is 0.735. The maximum atomic E-state index is 5.98. The number of halogens is 1. The molecule has 2 rings (SSSR count). The summed E-state index contributed by atoms with van der Waals surface area (Å²) in [5.74, 6) is 1.41. The minimum Gasteiger partial charge on any atom is -0.387 e. The smallest absolute Gasteiger partial charge is 0.0972 e. The fourth-order valence-electron chi connectivity index (χ4n) is 1.96. The molecule has 2 nitrogen and oxygen atoms in total. The van der Waals surface area contributed by atoms with Crippen LogP contribution < -0.4 is 5.73 Å². The Morgan fingerprint density at radius 1 is 1.47 bits per heavy atom. The molecule has 0 amide bonds. The summed E-state index contributed by atoms with van der Waals surface area (Å²) in [4.78, 5) is 5.74. The summed E-state index contributed by atoms with van der Waals surface area (Å²) in [5, 5.41) is 0. The summed E-state index contributed by atoms with van der Waals surface area (Å²) >= 11 is 5.17. The molecule has 2 N–H and O–H groups in total. The first-order valence-corrected chi connectivity index (χ1v) is 6.90. The average molecular weight is 287 g/mol. The third-order valence-corrected chi connectivity index (χ3v) is 4.43. The second-order valence-corrected chi connectivity index (χ2v) is 6.48. The average Bonchev–Trinajstić information content (AvgIpc) is 2.84. The molecule has 4 heteroatoms. The van der Waals surface area contributed by atoms with Gasteiger partial charge in [0.25, 0.3) is 0 Å². The van der Waals surface area contributed by atoms with Gasteiger partial charge in [-0.2, -0.15) is 0 Å². The van der Waals surface area contributed by atoms with E-state index in [2.05, 4.69) is 33.1 Å². The molecule has 1 saturated carbocycles. The van der Waals surface area contributed by atoms with E-state index in [1.807, 2.05) is 0 Å². The summed E-state index contributed by atoms with van der Waals surface area (Å²) in [5.41, 5.74) is 5.98. The monoisotopic (exact) mass is 286 g/mol. The Hall–Kier alpha value is -0.350. The molecule has 15 heavy (non-hydrogen) atoms. The third kappa shape index (κ3) is 3.05. The van der Waals surface area contributed by atoms with Crippen molar-refractivity contribution in [2.45, 2.75) is 32.2 Å². The molecule has 0 bridgehead atoms. The number of aliphatic imine (C=N–C) groups is 1. The van der Waals surface area contributed by atoms with Crippen molar-refractivity contribution in [1.29, 1.82) is 0 Å². The zero-order valence-corrected chi connectivity index (χ0v) is 11.0. The Morgan fingerprint density at radius 2 is 2.20 bits per heavy atom. The zero-order valence-electron chi connectivity index (χ0n) is 8.58. The predicted octanol–water partition coefficient (Wildman–Crippen LogP) is 3.56. The van der Waals surface area contributed by atoms with Crippen molar-refractivity contribution in [2.24, 2.45) is 16.6 Å². The van der Waals surface area contributed by atoms with E-state index in [0.29, 0.717) is 5.92 Å². The molecule has 1 aromatic heterocycles. The van der Waals surface area contributed by atoms with Crippen LogP contribution in [0.15, 0.2) is 20.9 Å². The van der Waals surface area contributed by atoms with Gasteiger partial charge in [-0.3, -0.25) is 4.99 Å². The summed E-state index contributed by atoms with van der Waals surface area (Å²) in [7, 11) is 0. The molecule has 0 atom stereocenters. The van der Waals surface area contributed by atoms with Gasteiger partial charge in [0.05, 0.1) is 16.2 Å². The van der Waals surface area contributed by atoms with E-state index < -0.39 is 0 Å². The van der Waals surface area contributed by atoms with Crippen LogP contribution in [0.5, 0.6) is 0 Å². The molecule has 1 aliphatic carbocycles. The Balaban J connectivity index is 1.92. The molecule has 0 aromatic carbocycles. The van der Waals surface area contributed by atoms with Crippen LogP contribution in [0.2, 0.25) is 0 Å². The van der Waals surface area contributed by atoms with Gasteiger partial charge < -0.3 is 5.73 Å². The molecule has 0 aliphatic heterocycles. The maximum Gasteiger partial charge on any atom is 0.0972 e. The van der Waals surface area contributed by atoms with Gasteiger partial charge in [-0.1, -0.05) is 12.8 Å². The molecule has 1 aromatic rings. The highest BCUT2D eigenvalue weighted by Gasteiger charge is 2.18. The molecule has 1 fully saturated rings. The first-order chi connectivity index (χ1) is 7.25. The van der Waals surface area contributed by atoms with Crippen molar-refractivity contribution < 1.29 is 0 Å². The lowest BCUT2D eigenvalue weighted by molar-refractivity contribution is 0.716. The van der Waals surface area contributed by atoms with Gasteiger partial charge in [-0.05, 0) is 40.9 Å². The fraction of sp³-hybridized carbons (Fsp3) is 0.545. The van der Waals surface area contributed by atoms with Gasteiger partial charge in [-0.15, -0.1) is 11.3 Å². The second-order valence-electron chi connectivity index (χ2n) is 3.93. The standard InChI is InChI=1S/C11H15BrN2S/c12-10-6-5-9(15-10)7-14-11(13)8-3-1-2-4-8/h5-6,8H,1-4,7H2,(H2,13,14). The second kappa shape index (κ2) is 5.12. The molecular weight excluding hydrogens is 272 g/mol. The van der Waals surface area contributed by atoms with Crippen LogP contribution in [-0.4, -0.2) is 5.84 Å². The fourth-order valence-corrected chi connectivity index (χ4v) is 3.36.